The maximum Gasteiger partial charge on any atom is 0.0574 e. The number of aliphatic hydroxyl groups excluding tert-OH is 1. The van der Waals surface area contributed by atoms with Crippen LogP contribution in [0.1, 0.15) is 90.4 Å². The van der Waals surface area contributed by atoms with E-state index in [0.29, 0.717) is 0 Å². The van der Waals surface area contributed by atoms with Crippen LogP contribution in [0, 0.1) is 0 Å². The summed E-state index contributed by atoms with van der Waals surface area (Å²) in [5, 5.41) is 20.0. The van der Waals surface area contributed by atoms with Crippen LogP contribution < -0.4 is 11.3 Å². The van der Waals surface area contributed by atoms with Crippen molar-refractivity contribution in [1.82, 2.24) is 6.15 Å². The van der Waals surface area contributed by atoms with Crippen LogP contribution in [0.3, 0.4) is 0 Å². The Balaban J connectivity index is 0. The fraction of sp³-hybridized carbons (Fsp3) is 0.833. The first kappa shape index (κ1) is 23.4. The third-order valence-electron chi connectivity index (χ3n) is 3.72. The summed E-state index contributed by atoms with van der Waals surface area (Å²) in [4.78, 5) is 10.2. The number of carbonyl (C=O) groups is 1. The zero-order chi connectivity index (χ0) is 15.8. The Labute approximate surface area is 136 Å². The van der Waals surface area contributed by atoms with Gasteiger partial charge >= 0.3 is 0 Å². The minimum Gasteiger partial charge on any atom is -0.550 e. The molecule has 4 nitrogen and oxygen atoms in total. The number of carboxylic acid groups (broad SMARTS) is 1. The lowest BCUT2D eigenvalue weighted by Crippen LogP contribution is -2.21. The lowest BCUT2D eigenvalue weighted by Gasteiger charge is -2.07. The Morgan fingerprint density at radius 3 is 2.32 bits per heavy atom. The average molecular weight is 315 g/mol. The molecule has 0 amide bonds. The van der Waals surface area contributed by atoms with E-state index in [9.17, 15) is 15.0 Å². The lowest BCUT2D eigenvalue weighted by atomic mass is 10.1. The van der Waals surface area contributed by atoms with Crippen molar-refractivity contribution in [3.05, 3.63) is 12.2 Å². The molecule has 0 bridgehead atoms. The molecular formula is C18H37NO3. The number of carbonyl (C=O) groups excluding carboxylic acids is 1. The van der Waals surface area contributed by atoms with Crippen molar-refractivity contribution in [3.63, 3.8) is 0 Å². The molecule has 0 saturated carbocycles. The highest BCUT2D eigenvalue weighted by Crippen LogP contribution is 2.10. The summed E-state index contributed by atoms with van der Waals surface area (Å²) in [6.45, 7) is 2.20. The van der Waals surface area contributed by atoms with E-state index >= 15 is 0 Å². The molecule has 0 fully saturated rings. The summed E-state index contributed by atoms with van der Waals surface area (Å²) in [6.07, 6.45) is 17.0. The Kier molecular flexibility index (Phi) is 19.3. The molecule has 0 aliphatic carbocycles. The number of hydrogen-bond donors (Lipinski definition) is 2. The van der Waals surface area contributed by atoms with Gasteiger partial charge in [0.1, 0.15) is 0 Å². The van der Waals surface area contributed by atoms with E-state index < -0.39 is 5.97 Å². The first-order valence-corrected chi connectivity index (χ1v) is 8.69. The second-order valence-corrected chi connectivity index (χ2v) is 5.89. The van der Waals surface area contributed by atoms with E-state index in [-0.39, 0.29) is 18.7 Å². The third kappa shape index (κ3) is 19.1. The summed E-state index contributed by atoms with van der Waals surface area (Å²) in [5.41, 5.74) is 0. The van der Waals surface area contributed by atoms with Gasteiger partial charge in [0.15, 0.2) is 0 Å². The van der Waals surface area contributed by atoms with Gasteiger partial charge in [-0.1, -0.05) is 64.0 Å². The molecule has 0 saturated heterocycles. The summed E-state index contributed by atoms with van der Waals surface area (Å²) < 4.78 is 0. The van der Waals surface area contributed by atoms with Crippen molar-refractivity contribution >= 4 is 5.97 Å². The average Bonchev–Trinajstić information content (AvgIpc) is 2.45. The number of allylic oxidation sites excluding steroid dienone is 1. The van der Waals surface area contributed by atoms with Crippen molar-refractivity contribution < 1.29 is 15.0 Å². The van der Waals surface area contributed by atoms with Crippen LogP contribution in [0.4, 0.5) is 0 Å². The predicted octanol–water partition coefficient (Wildman–Crippen LogP) is 4.12. The van der Waals surface area contributed by atoms with Gasteiger partial charge in [0.05, 0.1) is 6.10 Å². The van der Waals surface area contributed by atoms with Gasteiger partial charge in [0.25, 0.3) is 0 Å². The number of aliphatic hydroxyl groups is 1. The van der Waals surface area contributed by atoms with E-state index in [0.717, 1.165) is 57.8 Å². The SMILES string of the molecule is CCCCCCC(O)C/C=C/CCCCCCCC(=O)[O-].[NH4+]. The molecule has 0 spiro atoms. The van der Waals surface area contributed by atoms with Crippen LogP contribution in [0.2, 0.25) is 0 Å². The van der Waals surface area contributed by atoms with Gasteiger partial charge in [-0.05, 0) is 38.5 Å². The molecule has 4 heteroatoms. The van der Waals surface area contributed by atoms with Crippen LogP contribution >= 0.6 is 0 Å². The van der Waals surface area contributed by atoms with E-state index in [2.05, 4.69) is 19.1 Å². The molecule has 22 heavy (non-hydrogen) atoms. The topological polar surface area (TPSA) is 96.9 Å². The maximum atomic E-state index is 10.2. The van der Waals surface area contributed by atoms with Gasteiger partial charge in [-0.25, -0.2) is 0 Å². The molecule has 0 aromatic rings. The highest BCUT2D eigenvalue weighted by molar-refractivity contribution is 5.63. The van der Waals surface area contributed by atoms with Crippen molar-refractivity contribution in [2.24, 2.45) is 0 Å². The molecule has 132 valence electrons. The fourth-order valence-corrected chi connectivity index (χ4v) is 2.36. The summed E-state index contributed by atoms with van der Waals surface area (Å²) in [6, 6.07) is 0. The largest absolute Gasteiger partial charge is 0.550 e. The van der Waals surface area contributed by atoms with Crippen LogP contribution in [0.15, 0.2) is 12.2 Å². The molecule has 1 atom stereocenters. The van der Waals surface area contributed by atoms with Crippen molar-refractivity contribution in [1.29, 1.82) is 0 Å². The summed E-state index contributed by atoms with van der Waals surface area (Å²) >= 11 is 0. The van der Waals surface area contributed by atoms with E-state index in [1.165, 1.54) is 19.3 Å². The smallest absolute Gasteiger partial charge is 0.0574 e. The molecule has 0 aromatic heterocycles. The van der Waals surface area contributed by atoms with Crippen LogP contribution in [0.5, 0.6) is 0 Å². The Morgan fingerprint density at radius 1 is 1.00 bits per heavy atom. The molecule has 0 rings (SSSR count). The lowest BCUT2D eigenvalue weighted by molar-refractivity contribution is -0.305. The van der Waals surface area contributed by atoms with Crippen LogP contribution in [-0.2, 0) is 4.79 Å². The first-order chi connectivity index (χ1) is 10.2. The van der Waals surface area contributed by atoms with E-state index in [1.807, 2.05) is 0 Å². The maximum absolute atomic E-state index is 10.2. The van der Waals surface area contributed by atoms with E-state index in [4.69, 9.17) is 0 Å². The van der Waals surface area contributed by atoms with Crippen LogP contribution in [-0.4, -0.2) is 17.2 Å². The van der Waals surface area contributed by atoms with Gasteiger partial charge in [-0.2, -0.15) is 0 Å². The van der Waals surface area contributed by atoms with Crippen molar-refractivity contribution in [2.75, 3.05) is 0 Å². The Hall–Kier alpha value is -0.870. The molecule has 1 unspecified atom stereocenters. The number of aliphatic carboxylic acids is 1. The molecule has 0 aliphatic rings. The predicted molar refractivity (Wildman–Crippen MR) is 91.8 cm³/mol. The van der Waals surface area contributed by atoms with Gasteiger partial charge in [0, 0.05) is 5.97 Å². The van der Waals surface area contributed by atoms with Gasteiger partial charge in [-0.3, -0.25) is 0 Å². The highest BCUT2D eigenvalue weighted by atomic mass is 16.4. The second kappa shape index (κ2) is 18.2. The minimum atomic E-state index is -0.939. The third-order valence-corrected chi connectivity index (χ3v) is 3.72. The standard InChI is InChI=1S/C18H34O3.H3N/c1-2-3-4-11-14-17(19)15-12-9-7-5-6-8-10-13-16-18(20)21;/h9,12,17,19H,2-8,10-11,13-16H2,1H3,(H,20,21);1H3/b12-9+;. The number of hydrogen-bond acceptors (Lipinski definition) is 3. The van der Waals surface area contributed by atoms with Crippen molar-refractivity contribution in [2.45, 2.75) is 96.5 Å². The monoisotopic (exact) mass is 315 g/mol. The molecule has 5 N–H and O–H groups in total. The van der Waals surface area contributed by atoms with Gasteiger partial charge < -0.3 is 21.2 Å². The Morgan fingerprint density at radius 2 is 1.64 bits per heavy atom. The zero-order valence-electron chi connectivity index (χ0n) is 14.7. The van der Waals surface area contributed by atoms with Crippen molar-refractivity contribution in [3.8, 4) is 0 Å². The molecule has 0 aromatic carbocycles. The summed E-state index contributed by atoms with van der Waals surface area (Å²) in [5.74, 6) is -0.939. The van der Waals surface area contributed by atoms with Crippen LogP contribution in [0.25, 0.3) is 0 Å². The molecular weight excluding hydrogens is 278 g/mol. The quantitative estimate of drug-likeness (QED) is 0.351. The summed E-state index contributed by atoms with van der Waals surface area (Å²) in [7, 11) is 0. The van der Waals surface area contributed by atoms with Gasteiger partial charge in [-0.15, -0.1) is 0 Å². The second-order valence-electron chi connectivity index (χ2n) is 5.89. The number of carboxylic acids is 1. The minimum absolute atomic E-state index is 0. The zero-order valence-corrected chi connectivity index (χ0v) is 14.7. The number of unbranched alkanes of at least 4 members (excludes halogenated alkanes) is 8. The number of rotatable bonds is 15. The highest BCUT2D eigenvalue weighted by Gasteiger charge is 2.00. The van der Waals surface area contributed by atoms with E-state index in [1.54, 1.807) is 0 Å². The molecule has 0 aliphatic heterocycles. The molecule has 0 heterocycles. The fourth-order valence-electron chi connectivity index (χ4n) is 2.36. The Bertz CT molecular complexity index is 267. The number of quaternary nitrogens is 1. The first-order valence-electron chi connectivity index (χ1n) is 8.69. The van der Waals surface area contributed by atoms with Gasteiger partial charge in [0.2, 0.25) is 0 Å². The normalized spacial score (nSPS) is 12.3. The molecule has 0 radical (unpaired) electrons.